The third-order valence-electron chi connectivity index (χ3n) is 2.88. The molecule has 4 heteroatoms. The average molecular weight is 239 g/mol. The molecule has 17 heavy (non-hydrogen) atoms. The van der Waals surface area contributed by atoms with Gasteiger partial charge in [-0.15, -0.1) is 0 Å². The Kier molecular flexibility index (Phi) is 5.97. The molecule has 2 atom stereocenters. The van der Waals surface area contributed by atoms with Crippen molar-refractivity contribution in [1.82, 2.24) is 0 Å². The molecule has 0 bridgehead atoms. The molecule has 0 radical (unpaired) electrons. The highest BCUT2D eigenvalue weighted by Crippen LogP contribution is 2.23. The van der Waals surface area contributed by atoms with Crippen molar-refractivity contribution in [2.24, 2.45) is 5.73 Å². The molecule has 0 heterocycles. The van der Waals surface area contributed by atoms with E-state index in [4.69, 9.17) is 15.2 Å². The Morgan fingerprint density at radius 3 is 2.35 bits per heavy atom. The summed E-state index contributed by atoms with van der Waals surface area (Å²) < 4.78 is 10.1. The largest absolute Gasteiger partial charge is 0.497 e. The smallest absolute Gasteiger partial charge is 0.118 e. The van der Waals surface area contributed by atoms with Gasteiger partial charge >= 0.3 is 0 Å². The van der Waals surface area contributed by atoms with Crippen molar-refractivity contribution >= 4 is 0 Å². The number of rotatable bonds is 7. The molecule has 2 unspecified atom stereocenters. The molecule has 0 fully saturated rings. The first-order chi connectivity index (χ1) is 8.22. The van der Waals surface area contributed by atoms with Gasteiger partial charge in [-0.25, -0.2) is 0 Å². The molecule has 0 aliphatic heterocycles. The van der Waals surface area contributed by atoms with E-state index in [9.17, 15) is 5.11 Å². The minimum atomic E-state index is -0.478. The van der Waals surface area contributed by atoms with Crippen LogP contribution < -0.4 is 10.5 Å². The monoisotopic (exact) mass is 239 g/mol. The predicted molar refractivity (Wildman–Crippen MR) is 67.3 cm³/mol. The van der Waals surface area contributed by atoms with Crippen LogP contribution in [0.5, 0.6) is 5.75 Å². The van der Waals surface area contributed by atoms with Gasteiger partial charge in [0.1, 0.15) is 5.75 Å². The Morgan fingerprint density at radius 2 is 1.88 bits per heavy atom. The molecule has 0 aliphatic carbocycles. The first-order valence-corrected chi connectivity index (χ1v) is 5.74. The predicted octanol–water partition coefficient (Wildman–Crippen LogP) is 1.13. The van der Waals surface area contributed by atoms with E-state index in [1.807, 2.05) is 24.3 Å². The summed E-state index contributed by atoms with van der Waals surface area (Å²) in [6, 6.07) is 7.63. The van der Waals surface area contributed by atoms with E-state index in [1.54, 1.807) is 14.2 Å². The summed E-state index contributed by atoms with van der Waals surface area (Å²) >= 11 is 0. The lowest BCUT2D eigenvalue weighted by atomic mass is 9.92. The van der Waals surface area contributed by atoms with E-state index in [0.29, 0.717) is 19.6 Å². The highest BCUT2D eigenvalue weighted by Gasteiger charge is 2.19. The van der Waals surface area contributed by atoms with Crippen LogP contribution in [0.1, 0.15) is 17.9 Å². The summed E-state index contributed by atoms with van der Waals surface area (Å²) in [4.78, 5) is 0. The molecule has 0 spiro atoms. The van der Waals surface area contributed by atoms with Crippen LogP contribution in [0.25, 0.3) is 0 Å². The zero-order chi connectivity index (χ0) is 12.7. The van der Waals surface area contributed by atoms with Crippen LogP contribution in [0.3, 0.4) is 0 Å². The molecule has 0 saturated carbocycles. The zero-order valence-corrected chi connectivity index (χ0v) is 10.4. The van der Waals surface area contributed by atoms with Crippen molar-refractivity contribution in [3.63, 3.8) is 0 Å². The van der Waals surface area contributed by atoms with Gasteiger partial charge in [0.05, 0.1) is 13.2 Å². The van der Waals surface area contributed by atoms with E-state index >= 15 is 0 Å². The van der Waals surface area contributed by atoms with Crippen molar-refractivity contribution in [2.75, 3.05) is 27.4 Å². The topological polar surface area (TPSA) is 64.7 Å². The van der Waals surface area contributed by atoms with Gasteiger partial charge in [0, 0.05) is 26.2 Å². The van der Waals surface area contributed by atoms with Crippen LogP contribution in [-0.2, 0) is 4.74 Å². The molecule has 1 rings (SSSR count). The average Bonchev–Trinajstić information content (AvgIpc) is 2.38. The van der Waals surface area contributed by atoms with E-state index < -0.39 is 6.10 Å². The molecular weight excluding hydrogens is 218 g/mol. The number of aliphatic hydroxyl groups excluding tert-OH is 1. The number of methoxy groups -OCH3 is 2. The zero-order valence-electron chi connectivity index (χ0n) is 10.4. The fraction of sp³-hybridized carbons (Fsp3) is 0.538. The first kappa shape index (κ1) is 14.0. The van der Waals surface area contributed by atoms with Gasteiger partial charge < -0.3 is 20.3 Å². The van der Waals surface area contributed by atoms with Crippen molar-refractivity contribution in [1.29, 1.82) is 0 Å². The molecule has 0 aliphatic rings. The summed E-state index contributed by atoms with van der Waals surface area (Å²) in [5, 5.41) is 10.0. The lowest BCUT2D eigenvalue weighted by Gasteiger charge is -2.21. The van der Waals surface area contributed by atoms with Crippen molar-refractivity contribution in [3.05, 3.63) is 29.8 Å². The quantitative estimate of drug-likeness (QED) is 0.748. The third-order valence-corrected chi connectivity index (χ3v) is 2.88. The molecule has 1 aromatic rings. The highest BCUT2D eigenvalue weighted by molar-refractivity contribution is 5.30. The van der Waals surface area contributed by atoms with Gasteiger partial charge in [-0.05, 0) is 24.1 Å². The molecule has 0 amide bonds. The molecule has 0 aromatic heterocycles. The normalized spacial score (nSPS) is 14.4. The molecule has 4 nitrogen and oxygen atoms in total. The van der Waals surface area contributed by atoms with Gasteiger partial charge in [-0.2, -0.15) is 0 Å². The van der Waals surface area contributed by atoms with Crippen molar-refractivity contribution in [2.45, 2.75) is 18.4 Å². The van der Waals surface area contributed by atoms with E-state index in [0.717, 1.165) is 11.3 Å². The Labute approximate surface area is 102 Å². The van der Waals surface area contributed by atoms with Crippen LogP contribution in [0, 0.1) is 0 Å². The Balaban J connectivity index is 2.70. The Bertz CT molecular complexity index is 313. The number of benzene rings is 1. The molecule has 0 saturated heterocycles. The molecule has 3 N–H and O–H groups in total. The van der Waals surface area contributed by atoms with Crippen LogP contribution in [0.2, 0.25) is 0 Å². The van der Waals surface area contributed by atoms with Gasteiger partial charge in [0.2, 0.25) is 0 Å². The van der Waals surface area contributed by atoms with Crippen molar-refractivity contribution in [3.8, 4) is 5.75 Å². The van der Waals surface area contributed by atoms with E-state index in [-0.39, 0.29) is 5.92 Å². The number of aliphatic hydroxyl groups is 1. The minimum absolute atomic E-state index is 0.0592. The lowest BCUT2D eigenvalue weighted by Crippen LogP contribution is -2.27. The maximum absolute atomic E-state index is 10.0. The van der Waals surface area contributed by atoms with Gasteiger partial charge in [0.15, 0.2) is 0 Å². The highest BCUT2D eigenvalue weighted by atomic mass is 16.5. The maximum atomic E-state index is 10.0. The first-order valence-electron chi connectivity index (χ1n) is 5.74. The van der Waals surface area contributed by atoms with Gasteiger partial charge in [-0.3, -0.25) is 0 Å². The van der Waals surface area contributed by atoms with Crippen LogP contribution in [0.15, 0.2) is 24.3 Å². The lowest BCUT2D eigenvalue weighted by molar-refractivity contribution is 0.0920. The molecule has 96 valence electrons. The summed E-state index contributed by atoms with van der Waals surface area (Å²) in [5.74, 6) is 0.743. The van der Waals surface area contributed by atoms with Crippen LogP contribution in [-0.4, -0.2) is 38.6 Å². The summed E-state index contributed by atoms with van der Waals surface area (Å²) in [7, 11) is 3.25. The fourth-order valence-corrected chi connectivity index (χ4v) is 1.81. The van der Waals surface area contributed by atoms with Gasteiger partial charge in [0.25, 0.3) is 0 Å². The maximum Gasteiger partial charge on any atom is 0.118 e. The van der Waals surface area contributed by atoms with E-state index in [1.165, 1.54) is 0 Å². The SMILES string of the molecule is COCCC(O)C(CN)c1ccc(OC)cc1. The summed E-state index contributed by atoms with van der Waals surface area (Å²) in [6.45, 7) is 0.949. The standard InChI is InChI=1S/C13H21NO3/c1-16-8-7-13(15)12(9-14)10-3-5-11(17-2)6-4-10/h3-6,12-13,15H,7-9,14H2,1-2H3. The van der Waals surface area contributed by atoms with E-state index in [2.05, 4.69) is 0 Å². The summed E-state index contributed by atoms with van der Waals surface area (Å²) in [6.07, 6.45) is 0.109. The second-order valence-corrected chi connectivity index (χ2v) is 3.96. The molecular formula is C13H21NO3. The second kappa shape index (κ2) is 7.27. The van der Waals surface area contributed by atoms with Crippen molar-refractivity contribution < 1.29 is 14.6 Å². The van der Waals surface area contributed by atoms with Gasteiger partial charge in [-0.1, -0.05) is 12.1 Å². The number of hydrogen-bond acceptors (Lipinski definition) is 4. The Hall–Kier alpha value is -1.10. The fourth-order valence-electron chi connectivity index (χ4n) is 1.81. The van der Waals surface area contributed by atoms with Crippen LogP contribution >= 0.6 is 0 Å². The van der Waals surface area contributed by atoms with Crippen LogP contribution in [0.4, 0.5) is 0 Å². The second-order valence-electron chi connectivity index (χ2n) is 3.96. The minimum Gasteiger partial charge on any atom is -0.497 e. The molecule has 1 aromatic carbocycles. The number of hydrogen-bond donors (Lipinski definition) is 2. The third kappa shape index (κ3) is 4.00. The Morgan fingerprint density at radius 1 is 1.24 bits per heavy atom. The summed E-state index contributed by atoms with van der Waals surface area (Å²) in [5.41, 5.74) is 6.74. The number of ether oxygens (including phenoxy) is 2. The number of nitrogens with two attached hydrogens (primary N) is 1.